The van der Waals surface area contributed by atoms with Crippen molar-refractivity contribution >= 4 is 48.0 Å². The minimum absolute atomic E-state index is 0. The highest BCUT2D eigenvalue weighted by Crippen LogP contribution is 2.28. The highest BCUT2D eigenvalue weighted by Gasteiger charge is 2.17. The Bertz CT molecular complexity index is 713. The van der Waals surface area contributed by atoms with Gasteiger partial charge in [0.25, 0.3) is 0 Å². The molecule has 1 fully saturated rings. The summed E-state index contributed by atoms with van der Waals surface area (Å²) >= 11 is 6.24. The number of hydrogen-bond donors (Lipinski definition) is 2. The lowest BCUT2D eigenvalue weighted by molar-refractivity contribution is -0.117. The van der Waals surface area contributed by atoms with Gasteiger partial charge in [0.05, 0.1) is 23.9 Å². The van der Waals surface area contributed by atoms with Crippen molar-refractivity contribution in [3.05, 3.63) is 53.3 Å². The van der Waals surface area contributed by atoms with Crippen molar-refractivity contribution in [1.29, 1.82) is 0 Å². The molecule has 1 aromatic carbocycles. The Morgan fingerprint density at radius 3 is 2.85 bits per heavy atom. The Labute approximate surface area is 175 Å². The molecule has 2 heterocycles. The van der Waals surface area contributed by atoms with Crippen LogP contribution in [0.25, 0.3) is 0 Å². The Balaban J connectivity index is 0.00000182. The van der Waals surface area contributed by atoms with Crippen molar-refractivity contribution in [1.82, 2.24) is 10.3 Å². The molecule has 1 amide bonds. The molecule has 2 N–H and O–H groups in total. The molecular formula is C18H22Cl3N3O3. The first-order valence-electron chi connectivity index (χ1n) is 8.14. The second kappa shape index (κ2) is 12.0. The van der Waals surface area contributed by atoms with Gasteiger partial charge in [0.2, 0.25) is 5.91 Å². The smallest absolute Gasteiger partial charge is 0.226 e. The second-order valence-electron chi connectivity index (χ2n) is 5.73. The Morgan fingerprint density at radius 1 is 1.33 bits per heavy atom. The monoisotopic (exact) mass is 433 g/mol. The largest absolute Gasteiger partial charge is 0.486 e. The summed E-state index contributed by atoms with van der Waals surface area (Å²) in [7, 11) is 0. The normalized spacial score (nSPS) is 15.8. The van der Waals surface area contributed by atoms with Crippen LogP contribution in [-0.4, -0.2) is 36.7 Å². The van der Waals surface area contributed by atoms with E-state index in [-0.39, 0.29) is 36.8 Å². The average Bonchev–Trinajstić information content (AvgIpc) is 2.63. The number of morpholine rings is 1. The number of anilines is 1. The highest BCUT2D eigenvalue weighted by molar-refractivity contribution is 6.32. The Hall–Kier alpha value is -1.57. The van der Waals surface area contributed by atoms with Gasteiger partial charge in [0.15, 0.2) is 0 Å². The van der Waals surface area contributed by atoms with Crippen molar-refractivity contribution in [2.45, 2.75) is 19.1 Å². The van der Waals surface area contributed by atoms with E-state index in [4.69, 9.17) is 21.1 Å². The summed E-state index contributed by atoms with van der Waals surface area (Å²) in [5, 5.41) is 6.53. The van der Waals surface area contributed by atoms with Gasteiger partial charge in [-0.05, 0) is 30.3 Å². The predicted molar refractivity (Wildman–Crippen MR) is 110 cm³/mol. The van der Waals surface area contributed by atoms with Crippen molar-refractivity contribution in [2.75, 3.05) is 25.1 Å². The van der Waals surface area contributed by atoms with E-state index in [1.54, 1.807) is 24.4 Å². The number of amides is 1. The summed E-state index contributed by atoms with van der Waals surface area (Å²) in [6, 6.07) is 10.9. The number of rotatable bonds is 6. The maximum atomic E-state index is 12.1. The number of nitrogens with zero attached hydrogens (tertiary/aromatic N) is 1. The zero-order valence-corrected chi connectivity index (χ0v) is 16.9. The minimum Gasteiger partial charge on any atom is -0.486 e. The van der Waals surface area contributed by atoms with Gasteiger partial charge in [-0.2, -0.15) is 0 Å². The third-order valence-corrected chi connectivity index (χ3v) is 4.04. The summed E-state index contributed by atoms with van der Waals surface area (Å²) in [6.45, 7) is 2.34. The number of ether oxygens (including phenoxy) is 2. The van der Waals surface area contributed by atoms with Gasteiger partial charge in [0.1, 0.15) is 12.4 Å². The number of carbonyl (C=O) groups excluding carboxylic acids is 1. The van der Waals surface area contributed by atoms with Crippen LogP contribution >= 0.6 is 36.4 Å². The molecule has 3 rings (SSSR count). The summed E-state index contributed by atoms with van der Waals surface area (Å²) in [5.74, 6) is 0.467. The van der Waals surface area contributed by atoms with E-state index in [2.05, 4.69) is 15.6 Å². The van der Waals surface area contributed by atoms with Crippen LogP contribution in [0.4, 0.5) is 5.69 Å². The van der Waals surface area contributed by atoms with E-state index < -0.39 is 0 Å². The van der Waals surface area contributed by atoms with Crippen LogP contribution < -0.4 is 15.4 Å². The highest BCUT2D eigenvalue weighted by atomic mass is 35.5. The van der Waals surface area contributed by atoms with E-state index in [1.807, 2.05) is 18.2 Å². The van der Waals surface area contributed by atoms with Crippen LogP contribution in [0.2, 0.25) is 5.02 Å². The van der Waals surface area contributed by atoms with Gasteiger partial charge >= 0.3 is 0 Å². The molecule has 6 nitrogen and oxygen atoms in total. The van der Waals surface area contributed by atoms with Gasteiger partial charge in [-0.1, -0.05) is 17.7 Å². The summed E-state index contributed by atoms with van der Waals surface area (Å²) in [6.07, 6.45) is 2.07. The fraction of sp³-hybridized carbons (Fsp3) is 0.333. The maximum absolute atomic E-state index is 12.1. The molecule has 0 spiro atoms. The van der Waals surface area contributed by atoms with Crippen molar-refractivity contribution < 1.29 is 14.3 Å². The lowest BCUT2D eigenvalue weighted by atomic mass is 10.2. The summed E-state index contributed by atoms with van der Waals surface area (Å²) < 4.78 is 11.0. The van der Waals surface area contributed by atoms with Gasteiger partial charge < -0.3 is 20.1 Å². The van der Waals surface area contributed by atoms with Crippen LogP contribution in [0.3, 0.4) is 0 Å². The van der Waals surface area contributed by atoms with E-state index >= 15 is 0 Å². The molecular weight excluding hydrogens is 413 g/mol. The molecule has 148 valence electrons. The molecule has 1 unspecified atom stereocenters. The molecule has 0 saturated carbocycles. The first-order valence-corrected chi connectivity index (χ1v) is 8.52. The fourth-order valence-corrected chi connectivity index (χ4v) is 2.75. The summed E-state index contributed by atoms with van der Waals surface area (Å²) in [4.78, 5) is 16.3. The van der Waals surface area contributed by atoms with Gasteiger partial charge in [0, 0.05) is 30.9 Å². The first kappa shape index (κ1) is 23.5. The molecule has 2 aromatic rings. The maximum Gasteiger partial charge on any atom is 0.226 e. The fourth-order valence-electron chi connectivity index (χ4n) is 2.52. The van der Waals surface area contributed by atoms with E-state index in [9.17, 15) is 4.79 Å². The molecule has 1 aromatic heterocycles. The number of halogens is 3. The van der Waals surface area contributed by atoms with Gasteiger partial charge in [-0.25, -0.2) is 0 Å². The lowest BCUT2D eigenvalue weighted by Gasteiger charge is -2.23. The van der Waals surface area contributed by atoms with Crippen molar-refractivity contribution in [2.24, 2.45) is 0 Å². The lowest BCUT2D eigenvalue weighted by Crippen LogP contribution is -2.43. The molecule has 0 bridgehead atoms. The zero-order chi connectivity index (χ0) is 17.5. The molecule has 1 atom stereocenters. The topological polar surface area (TPSA) is 72.5 Å². The van der Waals surface area contributed by atoms with Gasteiger partial charge in [-0.3, -0.25) is 9.78 Å². The molecule has 0 radical (unpaired) electrons. The number of nitrogens with one attached hydrogen (secondary N) is 2. The molecule has 0 aliphatic carbocycles. The number of carbonyl (C=O) groups is 1. The van der Waals surface area contributed by atoms with Crippen molar-refractivity contribution in [3.63, 3.8) is 0 Å². The zero-order valence-electron chi connectivity index (χ0n) is 14.5. The molecule has 1 aliphatic rings. The van der Waals surface area contributed by atoms with Crippen LogP contribution in [-0.2, 0) is 16.1 Å². The number of aromatic nitrogens is 1. The second-order valence-corrected chi connectivity index (χ2v) is 6.14. The first-order chi connectivity index (χ1) is 12.2. The Morgan fingerprint density at radius 2 is 2.19 bits per heavy atom. The number of benzene rings is 1. The third-order valence-electron chi connectivity index (χ3n) is 3.75. The Kier molecular flexibility index (Phi) is 10.4. The quantitative estimate of drug-likeness (QED) is 0.728. The average molecular weight is 435 g/mol. The van der Waals surface area contributed by atoms with E-state index in [1.165, 1.54) is 0 Å². The SMILES string of the molecule is Cl.Cl.O=C(CC1COCCN1)Nc1ccc(OCc2ccccn2)c(Cl)c1. The van der Waals surface area contributed by atoms with Crippen LogP contribution in [0, 0.1) is 0 Å². The van der Waals surface area contributed by atoms with Crippen LogP contribution in [0.15, 0.2) is 42.6 Å². The molecule has 9 heteroatoms. The standard InChI is InChI=1S/C18H20ClN3O3.2ClH/c19-16-9-13(22-18(23)10-15-11-24-8-7-21-15)4-5-17(16)25-12-14-3-1-2-6-20-14;;/h1-6,9,15,21H,7-8,10-12H2,(H,22,23);2*1H. The van der Waals surface area contributed by atoms with Crippen LogP contribution in [0.1, 0.15) is 12.1 Å². The predicted octanol–water partition coefficient (Wildman–Crippen LogP) is 3.47. The summed E-state index contributed by atoms with van der Waals surface area (Å²) in [5.41, 5.74) is 1.45. The van der Waals surface area contributed by atoms with E-state index in [0.29, 0.717) is 42.7 Å². The van der Waals surface area contributed by atoms with Gasteiger partial charge in [-0.15, -0.1) is 24.8 Å². The molecule has 1 aliphatic heterocycles. The van der Waals surface area contributed by atoms with E-state index in [0.717, 1.165) is 12.2 Å². The number of hydrogen-bond acceptors (Lipinski definition) is 5. The molecule has 1 saturated heterocycles. The number of pyridine rings is 1. The van der Waals surface area contributed by atoms with Crippen molar-refractivity contribution in [3.8, 4) is 5.75 Å². The minimum atomic E-state index is -0.0822. The third kappa shape index (κ3) is 7.52. The van der Waals surface area contributed by atoms with Crippen LogP contribution in [0.5, 0.6) is 5.75 Å². The molecule has 27 heavy (non-hydrogen) atoms.